The molecule has 0 unspecified atom stereocenters. The maximum atomic E-state index is 15.0. The quantitative estimate of drug-likeness (QED) is 0.172. The van der Waals surface area contributed by atoms with Gasteiger partial charge in [0.15, 0.2) is 0 Å². The molecule has 40 heavy (non-hydrogen) atoms. The number of rotatable bonds is 10. The van der Waals surface area contributed by atoms with Crippen LogP contribution < -0.4 is 0 Å². The second kappa shape index (κ2) is 13.6. The highest BCUT2D eigenvalue weighted by atomic mass is 19.4. The number of allylic oxidation sites excluding steroid dienone is 2. The largest absolute Gasteiger partial charge is 0.412 e. The Morgan fingerprint density at radius 2 is 1.43 bits per heavy atom. The molecule has 0 N–H and O–H groups in total. The highest BCUT2D eigenvalue weighted by Crippen LogP contribution is 2.41. The van der Waals surface area contributed by atoms with Crippen LogP contribution in [0.25, 0.3) is 11.1 Å². The van der Waals surface area contributed by atoms with Crippen LogP contribution in [0.5, 0.6) is 0 Å². The third-order valence-corrected chi connectivity index (χ3v) is 8.02. The van der Waals surface area contributed by atoms with E-state index in [0.29, 0.717) is 36.8 Å². The lowest BCUT2D eigenvalue weighted by atomic mass is 9.78. The molecule has 0 aliphatic heterocycles. The van der Waals surface area contributed by atoms with E-state index < -0.39 is 17.9 Å². The second-order valence-electron chi connectivity index (χ2n) is 10.9. The van der Waals surface area contributed by atoms with Gasteiger partial charge in [-0.05, 0) is 103 Å². The summed E-state index contributed by atoms with van der Waals surface area (Å²) in [7, 11) is 0. The number of alkyl halides is 3. The minimum Gasteiger partial charge on any atom is -0.212 e. The van der Waals surface area contributed by atoms with Crippen LogP contribution in [0.15, 0.2) is 72.6 Å². The Morgan fingerprint density at radius 1 is 0.750 bits per heavy atom. The Balaban J connectivity index is 1.32. The summed E-state index contributed by atoms with van der Waals surface area (Å²) in [6.07, 6.45) is 1.94. The lowest BCUT2D eigenvalue weighted by Crippen LogP contribution is -2.16. The summed E-state index contributed by atoms with van der Waals surface area (Å²) >= 11 is 0. The Hall–Kier alpha value is -3.02. The standard InChI is InChI=1S/C34H36F6/c1-2-3-4-5-23-6-10-25(11-7-23)29-18-17-27(31(35)21-29)12-8-24-9-19-30(32(36)20-24)26-13-15-28(16-14-26)33(37)22-34(38,39)40/h6-7,9-11,17-22,26,28H,2-5,8,12-16H2,1H3/b33-22-. The molecule has 4 rings (SSSR count). The fraction of sp³-hybridized carbons (Fsp3) is 0.412. The van der Waals surface area contributed by atoms with Gasteiger partial charge in [-0.3, -0.25) is 0 Å². The van der Waals surface area contributed by atoms with Crippen LogP contribution >= 0.6 is 0 Å². The molecule has 1 aliphatic carbocycles. The first-order valence-electron chi connectivity index (χ1n) is 14.2. The second-order valence-corrected chi connectivity index (χ2v) is 10.9. The van der Waals surface area contributed by atoms with E-state index in [2.05, 4.69) is 19.1 Å². The van der Waals surface area contributed by atoms with Gasteiger partial charge in [-0.2, -0.15) is 13.2 Å². The lowest BCUT2D eigenvalue weighted by Gasteiger charge is -2.28. The van der Waals surface area contributed by atoms with Crippen molar-refractivity contribution < 1.29 is 26.3 Å². The van der Waals surface area contributed by atoms with Gasteiger partial charge in [0, 0.05) is 5.92 Å². The Bertz CT molecular complexity index is 1280. The Morgan fingerprint density at radius 3 is 2.05 bits per heavy atom. The predicted octanol–water partition coefficient (Wildman–Crippen LogP) is 10.8. The topological polar surface area (TPSA) is 0 Å². The number of hydrogen-bond donors (Lipinski definition) is 0. The van der Waals surface area contributed by atoms with Crippen molar-refractivity contribution in [3.63, 3.8) is 0 Å². The molecule has 3 aromatic carbocycles. The number of halogens is 6. The molecular formula is C34H36F6. The van der Waals surface area contributed by atoms with Crippen molar-refractivity contribution in [3.8, 4) is 11.1 Å². The monoisotopic (exact) mass is 558 g/mol. The first-order chi connectivity index (χ1) is 19.1. The SMILES string of the molecule is CCCCCc1ccc(-c2ccc(CCc3ccc(C4CCC(/C(F)=C/C(F)(F)F)CC4)c(F)c3)c(F)c2)cc1. The zero-order chi connectivity index (χ0) is 28.7. The molecule has 0 amide bonds. The molecule has 0 heterocycles. The summed E-state index contributed by atoms with van der Waals surface area (Å²) in [5.41, 5.74) is 4.89. The molecule has 1 fully saturated rings. The van der Waals surface area contributed by atoms with Crippen molar-refractivity contribution in [2.24, 2.45) is 5.92 Å². The Kier molecular flexibility index (Phi) is 10.2. The highest BCUT2D eigenvalue weighted by molar-refractivity contribution is 5.64. The smallest absolute Gasteiger partial charge is 0.212 e. The number of benzene rings is 3. The van der Waals surface area contributed by atoms with Gasteiger partial charge in [-0.1, -0.05) is 68.3 Å². The van der Waals surface area contributed by atoms with Crippen LogP contribution in [0.4, 0.5) is 26.3 Å². The predicted molar refractivity (Wildman–Crippen MR) is 149 cm³/mol. The number of hydrogen-bond acceptors (Lipinski definition) is 0. The summed E-state index contributed by atoms with van der Waals surface area (Å²) in [5.74, 6) is -2.72. The van der Waals surface area contributed by atoms with E-state index >= 15 is 0 Å². The third kappa shape index (κ3) is 8.25. The zero-order valence-electron chi connectivity index (χ0n) is 22.8. The average Bonchev–Trinajstić information content (AvgIpc) is 2.92. The van der Waals surface area contributed by atoms with E-state index in [4.69, 9.17) is 0 Å². The van der Waals surface area contributed by atoms with E-state index in [1.165, 1.54) is 30.9 Å². The van der Waals surface area contributed by atoms with Crippen molar-refractivity contribution in [3.05, 3.63) is 106 Å². The van der Waals surface area contributed by atoms with Gasteiger partial charge in [0.1, 0.15) is 17.5 Å². The van der Waals surface area contributed by atoms with E-state index in [1.807, 2.05) is 24.3 Å². The molecule has 0 atom stereocenters. The van der Waals surface area contributed by atoms with E-state index in [1.54, 1.807) is 18.2 Å². The van der Waals surface area contributed by atoms with Gasteiger partial charge in [-0.15, -0.1) is 0 Å². The van der Waals surface area contributed by atoms with Gasteiger partial charge >= 0.3 is 6.18 Å². The van der Waals surface area contributed by atoms with Gasteiger partial charge in [0.2, 0.25) is 0 Å². The summed E-state index contributed by atoms with van der Waals surface area (Å²) in [6.45, 7) is 2.18. The van der Waals surface area contributed by atoms with Crippen LogP contribution in [-0.4, -0.2) is 6.18 Å². The summed E-state index contributed by atoms with van der Waals surface area (Å²) in [6, 6.07) is 18.5. The molecule has 1 saturated carbocycles. The van der Waals surface area contributed by atoms with E-state index in [0.717, 1.165) is 23.1 Å². The summed E-state index contributed by atoms with van der Waals surface area (Å²) in [5, 5.41) is 0. The summed E-state index contributed by atoms with van der Waals surface area (Å²) in [4.78, 5) is 0. The fourth-order valence-corrected chi connectivity index (χ4v) is 5.66. The van der Waals surface area contributed by atoms with Crippen LogP contribution in [0, 0.1) is 17.6 Å². The molecule has 3 aromatic rings. The van der Waals surface area contributed by atoms with Crippen LogP contribution in [0.3, 0.4) is 0 Å². The molecular weight excluding hydrogens is 522 g/mol. The van der Waals surface area contributed by atoms with E-state index in [9.17, 15) is 26.3 Å². The molecule has 0 radical (unpaired) electrons. The molecule has 214 valence electrons. The van der Waals surface area contributed by atoms with Crippen molar-refractivity contribution in [2.75, 3.05) is 0 Å². The third-order valence-electron chi connectivity index (χ3n) is 8.02. The molecule has 0 nitrogen and oxygen atoms in total. The maximum Gasteiger partial charge on any atom is 0.412 e. The number of aryl methyl sites for hydroxylation is 3. The normalized spacial score (nSPS) is 18.2. The maximum absolute atomic E-state index is 15.0. The zero-order valence-corrected chi connectivity index (χ0v) is 22.8. The molecule has 6 heteroatoms. The first kappa shape index (κ1) is 30.0. The van der Waals surface area contributed by atoms with E-state index in [-0.39, 0.29) is 36.5 Å². The molecule has 0 bridgehead atoms. The lowest BCUT2D eigenvalue weighted by molar-refractivity contribution is -0.0820. The summed E-state index contributed by atoms with van der Waals surface area (Å²) < 4.78 is 81.1. The minimum absolute atomic E-state index is 0.153. The first-order valence-corrected chi connectivity index (χ1v) is 14.2. The van der Waals surface area contributed by atoms with Gasteiger partial charge in [0.25, 0.3) is 0 Å². The van der Waals surface area contributed by atoms with Crippen molar-refractivity contribution in [2.45, 2.75) is 83.2 Å². The molecule has 0 saturated heterocycles. The Labute approximate surface area is 233 Å². The fourth-order valence-electron chi connectivity index (χ4n) is 5.66. The van der Waals surface area contributed by atoms with Crippen molar-refractivity contribution >= 4 is 0 Å². The molecule has 0 spiro atoms. The van der Waals surface area contributed by atoms with Crippen molar-refractivity contribution in [1.82, 2.24) is 0 Å². The van der Waals surface area contributed by atoms with Crippen LogP contribution in [0.1, 0.15) is 80.0 Å². The molecule has 1 aliphatic rings. The van der Waals surface area contributed by atoms with Gasteiger partial charge in [-0.25, -0.2) is 13.2 Å². The molecule has 0 aromatic heterocycles. The number of unbranched alkanes of at least 4 members (excludes halogenated alkanes) is 2. The van der Waals surface area contributed by atoms with Gasteiger partial charge in [0.05, 0.1) is 6.08 Å². The van der Waals surface area contributed by atoms with Crippen LogP contribution in [0.2, 0.25) is 0 Å². The van der Waals surface area contributed by atoms with Crippen LogP contribution in [-0.2, 0) is 19.3 Å². The highest BCUT2D eigenvalue weighted by Gasteiger charge is 2.31. The van der Waals surface area contributed by atoms with Crippen molar-refractivity contribution in [1.29, 1.82) is 0 Å². The average molecular weight is 559 g/mol. The minimum atomic E-state index is -4.67. The van der Waals surface area contributed by atoms with Gasteiger partial charge < -0.3 is 0 Å².